The van der Waals surface area contributed by atoms with E-state index in [1.165, 1.54) is 25.3 Å². The van der Waals surface area contributed by atoms with Gasteiger partial charge >= 0.3 is 0 Å². The molecule has 114 valence electrons. The molecule has 0 unspecified atom stereocenters. The fourth-order valence-electron chi connectivity index (χ4n) is 2.34. The quantitative estimate of drug-likeness (QED) is 0.926. The summed E-state index contributed by atoms with van der Waals surface area (Å²) in [7, 11) is 1.41. The van der Waals surface area contributed by atoms with Gasteiger partial charge in [-0.15, -0.1) is 0 Å². The minimum atomic E-state index is -0.437. The van der Waals surface area contributed by atoms with E-state index < -0.39 is 5.82 Å². The molecule has 1 heterocycles. The average Bonchev–Trinajstić information content (AvgIpc) is 2.66. The maximum atomic E-state index is 13.1. The molecule has 2 amide bonds. The predicted octanol–water partition coefficient (Wildman–Crippen LogP) is 2.18. The zero-order chi connectivity index (χ0) is 15.2. The lowest BCUT2D eigenvalue weighted by molar-refractivity contribution is -0.134. The number of amides is 2. The van der Waals surface area contributed by atoms with Crippen molar-refractivity contribution >= 4 is 17.5 Å². The Labute approximate surface area is 123 Å². The Morgan fingerprint density at radius 3 is 2.95 bits per heavy atom. The van der Waals surface area contributed by atoms with E-state index in [4.69, 9.17) is 4.74 Å². The van der Waals surface area contributed by atoms with Gasteiger partial charge in [-0.3, -0.25) is 9.59 Å². The Morgan fingerprint density at radius 2 is 2.19 bits per heavy atom. The van der Waals surface area contributed by atoms with Gasteiger partial charge in [-0.2, -0.15) is 0 Å². The van der Waals surface area contributed by atoms with E-state index in [0.29, 0.717) is 18.7 Å². The number of rotatable bonds is 4. The van der Waals surface area contributed by atoms with Gasteiger partial charge in [-0.1, -0.05) is 6.42 Å². The van der Waals surface area contributed by atoms with E-state index in [9.17, 15) is 14.0 Å². The molecule has 6 heteroatoms. The average molecular weight is 294 g/mol. The normalized spacial score (nSPS) is 15.5. The summed E-state index contributed by atoms with van der Waals surface area (Å²) in [6.07, 6.45) is 3.30. The second kappa shape index (κ2) is 7.06. The van der Waals surface area contributed by atoms with Crippen LogP contribution in [0.2, 0.25) is 0 Å². The van der Waals surface area contributed by atoms with Crippen molar-refractivity contribution in [3.8, 4) is 5.75 Å². The summed E-state index contributed by atoms with van der Waals surface area (Å²) in [4.78, 5) is 25.4. The first kappa shape index (κ1) is 15.3. The Morgan fingerprint density at radius 1 is 1.38 bits per heavy atom. The number of ether oxygens (including phenoxy) is 1. The molecule has 2 rings (SSSR count). The molecule has 0 atom stereocenters. The number of nitrogens with zero attached hydrogens (tertiary/aromatic N) is 1. The van der Waals surface area contributed by atoms with Gasteiger partial charge in [0.05, 0.1) is 19.3 Å². The van der Waals surface area contributed by atoms with Crippen molar-refractivity contribution in [3.63, 3.8) is 0 Å². The number of methoxy groups -OCH3 is 1. The molecule has 1 aliphatic rings. The van der Waals surface area contributed by atoms with Crippen molar-refractivity contribution in [2.45, 2.75) is 25.7 Å². The molecule has 1 aromatic carbocycles. The zero-order valence-electron chi connectivity index (χ0n) is 12.0. The highest BCUT2D eigenvalue weighted by molar-refractivity contribution is 5.95. The molecule has 1 aliphatic heterocycles. The van der Waals surface area contributed by atoms with Gasteiger partial charge in [-0.05, 0) is 25.0 Å². The van der Waals surface area contributed by atoms with E-state index in [1.54, 1.807) is 4.90 Å². The molecule has 21 heavy (non-hydrogen) atoms. The molecule has 1 fully saturated rings. The van der Waals surface area contributed by atoms with Crippen molar-refractivity contribution in [1.29, 1.82) is 0 Å². The van der Waals surface area contributed by atoms with Crippen molar-refractivity contribution < 1.29 is 18.7 Å². The van der Waals surface area contributed by atoms with Crippen LogP contribution in [0.5, 0.6) is 5.75 Å². The molecule has 0 radical (unpaired) electrons. The zero-order valence-corrected chi connectivity index (χ0v) is 12.0. The standard InChI is InChI=1S/C15H19FN2O3/c1-21-13-9-11(16)6-7-12(13)17-14(19)10-18-8-4-2-3-5-15(18)20/h6-7,9H,2-5,8,10H2,1H3,(H,17,19). The van der Waals surface area contributed by atoms with E-state index in [-0.39, 0.29) is 24.1 Å². The summed E-state index contributed by atoms with van der Waals surface area (Å²) >= 11 is 0. The Bertz CT molecular complexity index is 534. The van der Waals surface area contributed by atoms with Crippen molar-refractivity contribution in [1.82, 2.24) is 4.90 Å². The summed E-state index contributed by atoms with van der Waals surface area (Å²) in [5.74, 6) is -0.484. The van der Waals surface area contributed by atoms with Crippen LogP contribution in [0.1, 0.15) is 25.7 Å². The maximum absolute atomic E-state index is 13.1. The lowest BCUT2D eigenvalue weighted by Gasteiger charge is -2.20. The van der Waals surface area contributed by atoms with Crippen molar-refractivity contribution in [2.75, 3.05) is 25.5 Å². The molecule has 5 nitrogen and oxygen atoms in total. The number of hydrogen-bond donors (Lipinski definition) is 1. The number of nitrogens with one attached hydrogen (secondary N) is 1. The van der Waals surface area contributed by atoms with Crippen molar-refractivity contribution in [2.24, 2.45) is 0 Å². The van der Waals surface area contributed by atoms with E-state index in [2.05, 4.69) is 5.32 Å². The van der Waals surface area contributed by atoms with Crippen LogP contribution in [0.25, 0.3) is 0 Å². The summed E-state index contributed by atoms with van der Waals surface area (Å²) in [6, 6.07) is 3.89. The predicted molar refractivity (Wildman–Crippen MR) is 76.6 cm³/mol. The van der Waals surface area contributed by atoms with Crippen LogP contribution in [-0.4, -0.2) is 36.9 Å². The third-order valence-electron chi connectivity index (χ3n) is 3.44. The van der Waals surface area contributed by atoms with E-state index in [1.807, 2.05) is 0 Å². The number of hydrogen-bond acceptors (Lipinski definition) is 3. The van der Waals surface area contributed by atoms with Gasteiger partial charge in [-0.25, -0.2) is 4.39 Å². The maximum Gasteiger partial charge on any atom is 0.244 e. The molecule has 1 saturated heterocycles. The van der Waals surface area contributed by atoms with Crippen LogP contribution in [0.15, 0.2) is 18.2 Å². The first-order valence-corrected chi connectivity index (χ1v) is 7.01. The van der Waals surface area contributed by atoms with Gasteiger partial charge in [0.15, 0.2) is 0 Å². The highest BCUT2D eigenvalue weighted by Gasteiger charge is 2.19. The number of likely N-dealkylation sites (tertiary alicyclic amines) is 1. The van der Waals surface area contributed by atoms with Gasteiger partial charge in [0.25, 0.3) is 0 Å². The molecule has 0 aliphatic carbocycles. The molecule has 0 bridgehead atoms. The lowest BCUT2D eigenvalue weighted by Crippen LogP contribution is -2.37. The number of anilines is 1. The van der Waals surface area contributed by atoms with Crippen LogP contribution < -0.4 is 10.1 Å². The molecular formula is C15H19FN2O3. The van der Waals surface area contributed by atoms with Crippen LogP contribution in [-0.2, 0) is 9.59 Å². The van der Waals surface area contributed by atoms with Gasteiger partial charge in [0.2, 0.25) is 11.8 Å². The number of carbonyl (C=O) groups is 2. The fourth-order valence-corrected chi connectivity index (χ4v) is 2.34. The Hall–Kier alpha value is -2.11. The number of halogens is 1. The molecular weight excluding hydrogens is 275 g/mol. The summed E-state index contributed by atoms with van der Waals surface area (Å²) in [5.41, 5.74) is 0.395. The minimum Gasteiger partial charge on any atom is -0.494 e. The molecule has 0 spiro atoms. The largest absolute Gasteiger partial charge is 0.494 e. The SMILES string of the molecule is COc1cc(F)ccc1NC(=O)CN1CCCCCC1=O. The summed E-state index contributed by atoms with van der Waals surface area (Å²) in [6.45, 7) is 0.617. The van der Waals surface area contributed by atoms with Crippen LogP contribution in [0, 0.1) is 5.82 Å². The monoisotopic (exact) mass is 294 g/mol. The highest BCUT2D eigenvalue weighted by atomic mass is 19.1. The third-order valence-corrected chi connectivity index (χ3v) is 3.44. The van der Waals surface area contributed by atoms with Gasteiger partial charge < -0.3 is 15.0 Å². The Balaban J connectivity index is 1.99. The van der Waals surface area contributed by atoms with E-state index >= 15 is 0 Å². The third kappa shape index (κ3) is 4.18. The van der Waals surface area contributed by atoms with E-state index in [0.717, 1.165) is 19.3 Å². The minimum absolute atomic E-state index is 0.00808. The molecule has 1 aromatic rings. The highest BCUT2D eigenvalue weighted by Crippen LogP contribution is 2.24. The topological polar surface area (TPSA) is 58.6 Å². The molecule has 1 N–H and O–H groups in total. The second-order valence-electron chi connectivity index (χ2n) is 5.02. The smallest absolute Gasteiger partial charge is 0.244 e. The van der Waals surface area contributed by atoms with Crippen molar-refractivity contribution in [3.05, 3.63) is 24.0 Å². The fraction of sp³-hybridized carbons (Fsp3) is 0.467. The van der Waals surface area contributed by atoms with Crippen LogP contribution in [0.4, 0.5) is 10.1 Å². The summed E-state index contributed by atoms with van der Waals surface area (Å²) in [5, 5.41) is 2.65. The summed E-state index contributed by atoms with van der Waals surface area (Å²) < 4.78 is 18.1. The molecule has 0 saturated carbocycles. The number of benzene rings is 1. The number of carbonyl (C=O) groups excluding carboxylic acids is 2. The van der Waals surface area contributed by atoms with Gasteiger partial charge in [0, 0.05) is 19.0 Å². The van der Waals surface area contributed by atoms with Crippen LogP contribution in [0.3, 0.4) is 0 Å². The lowest BCUT2D eigenvalue weighted by atomic mass is 10.2. The van der Waals surface area contributed by atoms with Crippen LogP contribution >= 0.6 is 0 Å². The Kier molecular flexibility index (Phi) is 5.14. The van der Waals surface area contributed by atoms with Gasteiger partial charge in [0.1, 0.15) is 11.6 Å². The second-order valence-corrected chi connectivity index (χ2v) is 5.02. The first-order valence-electron chi connectivity index (χ1n) is 7.01. The first-order chi connectivity index (χ1) is 10.1. The molecule has 0 aromatic heterocycles.